The molecule has 0 bridgehead atoms. The Morgan fingerprint density at radius 2 is 1.81 bits per heavy atom. The van der Waals surface area contributed by atoms with Crippen LogP contribution in [0.25, 0.3) is 0 Å². The molecule has 1 aromatic rings. The summed E-state index contributed by atoms with van der Waals surface area (Å²) in [6.07, 6.45) is 1.00. The first-order chi connectivity index (χ1) is 7.54. The summed E-state index contributed by atoms with van der Waals surface area (Å²) in [6.45, 7) is 3.83. The van der Waals surface area contributed by atoms with Crippen LogP contribution in [0.1, 0.15) is 20.3 Å². The Morgan fingerprint density at radius 3 is 2.44 bits per heavy atom. The van der Waals surface area contributed by atoms with E-state index in [1.54, 1.807) is 0 Å². The fraction of sp³-hybridized carbons (Fsp3) is 0.462. The Kier molecular flexibility index (Phi) is 3.03. The van der Waals surface area contributed by atoms with E-state index >= 15 is 0 Å². The fourth-order valence-electron chi connectivity index (χ4n) is 2.37. The lowest BCUT2D eigenvalue weighted by Crippen LogP contribution is -2.32. The van der Waals surface area contributed by atoms with Crippen LogP contribution in [-0.4, -0.2) is 17.6 Å². The van der Waals surface area contributed by atoms with Gasteiger partial charge in [0.15, 0.2) is 0 Å². The van der Waals surface area contributed by atoms with Crippen LogP contribution in [0.15, 0.2) is 30.3 Å². The highest BCUT2D eigenvalue weighted by Gasteiger charge is 2.40. The van der Waals surface area contributed by atoms with Crippen molar-refractivity contribution in [3.05, 3.63) is 30.3 Å². The first-order valence-electron chi connectivity index (χ1n) is 5.71. The molecule has 16 heavy (non-hydrogen) atoms. The molecule has 1 aliphatic heterocycles. The molecule has 0 aromatic heterocycles. The van der Waals surface area contributed by atoms with Crippen LogP contribution in [0.2, 0.25) is 0 Å². The predicted molar refractivity (Wildman–Crippen MR) is 66.8 cm³/mol. The predicted octanol–water partition coefficient (Wildman–Crippen LogP) is 2.67. The lowest BCUT2D eigenvalue weighted by molar-refractivity contribution is -0.122. The van der Waals surface area contributed by atoms with Gasteiger partial charge in [0.1, 0.15) is 12.9 Å². The zero-order valence-corrected chi connectivity index (χ0v) is 10.6. The Hall–Kier alpha value is -0.880. The molecule has 0 spiro atoms. The highest BCUT2D eigenvalue weighted by molar-refractivity contribution is 7.72. The summed E-state index contributed by atoms with van der Waals surface area (Å²) < 4.78 is 13.0. The highest BCUT2D eigenvalue weighted by atomic mass is 31.2. The Morgan fingerprint density at radius 1 is 1.19 bits per heavy atom. The van der Waals surface area contributed by atoms with Crippen molar-refractivity contribution in [1.29, 1.82) is 0 Å². The minimum absolute atomic E-state index is 0.00130. The number of carbonyl (C=O) groups excluding carboxylic acids is 1. The molecule has 1 heterocycles. The summed E-state index contributed by atoms with van der Waals surface area (Å²) in [4.78, 5) is 11.6. The molecule has 1 saturated heterocycles. The van der Waals surface area contributed by atoms with Crippen molar-refractivity contribution in [3.63, 3.8) is 0 Å². The van der Waals surface area contributed by atoms with Crippen molar-refractivity contribution >= 4 is 18.2 Å². The van der Waals surface area contributed by atoms with Crippen molar-refractivity contribution < 1.29 is 9.36 Å². The number of benzene rings is 1. The Labute approximate surface area is 96.4 Å². The smallest absolute Gasteiger partial charge is 0.136 e. The van der Waals surface area contributed by atoms with Crippen LogP contribution in [0, 0.1) is 5.92 Å². The summed E-state index contributed by atoms with van der Waals surface area (Å²) in [6, 6.07) is 9.63. The van der Waals surface area contributed by atoms with Crippen LogP contribution in [-0.2, 0) is 9.36 Å². The van der Waals surface area contributed by atoms with E-state index in [-0.39, 0.29) is 17.4 Å². The summed E-state index contributed by atoms with van der Waals surface area (Å²) in [5, 5.41) is 0.932. The first-order valence-corrected chi connectivity index (χ1v) is 7.67. The fourth-order valence-corrected chi connectivity index (χ4v) is 5.62. The average Bonchev–Trinajstić information content (AvgIpc) is 2.28. The lowest BCUT2D eigenvalue weighted by atomic mass is 10.0. The van der Waals surface area contributed by atoms with E-state index in [1.165, 1.54) is 0 Å². The number of carbonyl (C=O) groups is 1. The van der Waals surface area contributed by atoms with Gasteiger partial charge in [0.25, 0.3) is 0 Å². The maximum atomic E-state index is 13.0. The number of hydrogen-bond donors (Lipinski definition) is 0. The van der Waals surface area contributed by atoms with E-state index in [2.05, 4.69) is 0 Å². The molecule has 2 rings (SSSR count). The van der Waals surface area contributed by atoms with Gasteiger partial charge in [0.05, 0.1) is 0 Å². The molecule has 86 valence electrons. The van der Waals surface area contributed by atoms with Crippen molar-refractivity contribution in [3.8, 4) is 0 Å². The number of ketones is 1. The molecule has 0 radical (unpaired) electrons. The van der Waals surface area contributed by atoms with Crippen molar-refractivity contribution in [1.82, 2.24) is 0 Å². The highest BCUT2D eigenvalue weighted by Crippen LogP contribution is 2.55. The molecule has 0 amide bonds. The number of hydrogen-bond acceptors (Lipinski definition) is 2. The third-order valence-electron chi connectivity index (χ3n) is 3.50. The number of rotatable bonds is 1. The third-order valence-corrected chi connectivity index (χ3v) is 7.37. The van der Waals surface area contributed by atoms with Crippen LogP contribution in [0.3, 0.4) is 0 Å². The first kappa shape index (κ1) is 11.6. The van der Waals surface area contributed by atoms with Crippen LogP contribution in [0.5, 0.6) is 0 Å². The van der Waals surface area contributed by atoms with Gasteiger partial charge in [-0.15, -0.1) is 0 Å². The van der Waals surface area contributed by atoms with Crippen LogP contribution < -0.4 is 5.30 Å². The van der Waals surface area contributed by atoms with Gasteiger partial charge in [-0.3, -0.25) is 4.79 Å². The monoisotopic (exact) mass is 236 g/mol. The normalized spacial score (nSPS) is 35.0. The van der Waals surface area contributed by atoms with Crippen molar-refractivity contribution in [2.75, 3.05) is 6.16 Å². The second-order valence-electron chi connectivity index (χ2n) is 4.73. The standard InChI is InChI=1S/C13H17O2P/c1-10-9-16(15,11(2)8-13(10)14)12-6-4-3-5-7-12/h3-7,10-11H,8-9H2,1-2H3/t10-,11-,16-/m0/s1. The topological polar surface area (TPSA) is 34.1 Å². The summed E-state index contributed by atoms with van der Waals surface area (Å²) in [5.41, 5.74) is -0.00130. The molecule has 1 aliphatic rings. The van der Waals surface area contributed by atoms with E-state index in [1.807, 2.05) is 44.2 Å². The van der Waals surface area contributed by atoms with Crippen LogP contribution >= 0.6 is 7.14 Å². The van der Waals surface area contributed by atoms with E-state index in [4.69, 9.17) is 0 Å². The molecule has 1 aromatic carbocycles. The zero-order chi connectivity index (χ0) is 11.8. The SMILES string of the molecule is C[C@H]1C[P@@](=O)(c2ccccc2)[C@@H](C)CC1=O. The van der Waals surface area contributed by atoms with E-state index in [0.29, 0.717) is 12.6 Å². The maximum Gasteiger partial charge on any atom is 0.136 e. The van der Waals surface area contributed by atoms with Gasteiger partial charge in [0, 0.05) is 29.5 Å². The molecular formula is C13H17O2P. The van der Waals surface area contributed by atoms with E-state index in [0.717, 1.165) is 5.30 Å². The van der Waals surface area contributed by atoms with E-state index < -0.39 is 7.14 Å². The minimum Gasteiger partial charge on any atom is -0.318 e. The molecule has 0 aliphatic carbocycles. The quantitative estimate of drug-likeness (QED) is 0.702. The van der Waals surface area contributed by atoms with Gasteiger partial charge in [-0.05, 0) is 0 Å². The lowest BCUT2D eigenvalue weighted by Gasteiger charge is -2.32. The zero-order valence-electron chi connectivity index (χ0n) is 9.72. The third kappa shape index (κ3) is 1.87. The summed E-state index contributed by atoms with van der Waals surface area (Å²) in [7, 11) is -2.37. The molecular weight excluding hydrogens is 219 g/mol. The molecule has 3 heteroatoms. The summed E-state index contributed by atoms with van der Waals surface area (Å²) >= 11 is 0. The Bertz CT molecular complexity index is 439. The molecule has 2 nitrogen and oxygen atoms in total. The molecule has 0 unspecified atom stereocenters. The minimum atomic E-state index is -2.37. The van der Waals surface area contributed by atoms with Crippen LogP contribution in [0.4, 0.5) is 0 Å². The molecule has 3 atom stereocenters. The van der Waals surface area contributed by atoms with Gasteiger partial charge in [-0.1, -0.05) is 44.2 Å². The van der Waals surface area contributed by atoms with Gasteiger partial charge in [-0.25, -0.2) is 0 Å². The van der Waals surface area contributed by atoms with Gasteiger partial charge in [0.2, 0.25) is 0 Å². The second-order valence-corrected chi connectivity index (χ2v) is 8.09. The number of Topliss-reactive ketones (excluding diaryl/α,β-unsaturated/α-hetero) is 1. The largest absolute Gasteiger partial charge is 0.318 e. The van der Waals surface area contributed by atoms with Gasteiger partial charge in [-0.2, -0.15) is 0 Å². The maximum absolute atomic E-state index is 13.0. The van der Waals surface area contributed by atoms with Crippen molar-refractivity contribution in [2.24, 2.45) is 5.92 Å². The van der Waals surface area contributed by atoms with Gasteiger partial charge >= 0.3 is 0 Å². The molecule has 0 saturated carbocycles. The second kappa shape index (κ2) is 4.18. The molecule has 1 fully saturated rings. The summed E-state index contributed by atoms with van der Waals surface area (Å²) in [5.74, 6) is 0.206. The van der Waals surface area contributed by atoms with Crippen molar-refractivity contribution in [2.45, 2.75) is 25.9 Å². The van der Waals surface area contributed by atoms with E-state index in [9.17, 15) is 9.36 Å². The molecule has 0 N–H and O–H groups in total. The van der Waals surface area contributed by atoms with Gasteiger partial charge < -0.3 is 4.57 Å². The average molecular weight is 236 g/mol. The Balaban J connectivity index is 2.38.